The summed E-state index contributed by atoms with van der Waals surface area (Å²) in [6.07, 6.45) is 3.56. The molecule has 0 aliphatic carbocycles. The van der Waals surface area contributed by atoms with Crippen molar-refractivity contribution in [3.63, 3.8) is 0 Å². The standard InChI is InChI=1S/C12H24O3Si/c1-10(8-7-9-11(13)14)15-16(5,6)12(2,3)4/h7,9-10H,8H2,1-6H3,(H,13,14)/b9-7+/t10-/m1/s1. The molecule has 94 valence electrons. The molecule has 1 N–H and O–H groups in total. The molecule has 0 aromatic carbocycles. The minimum Gasteiger partial charge on any atom is -0.478 e. The zero-order chi connectivity index (χ0) is 13.0. The molecule has 0 saturated carbocycles. The lowest BCUT2D eigenvalue weighted by atomic mass is 10.2. The predicted octanol–water partition coefficient (Wildman–Crippen LogP) is 3.43. The van der Waals surface area contributed by atoms with Crippen LogP contribution in [0, 0.1) is 0 Å². The van der Waals surface area contributed by atoms with Gasteiger partial charge in [0.05, 0.1) is 0 Å². The number of carboxylic acids is 1. The van der Waals surface area contributed by atoms with Crippen LogP contribution >= 0.6 is 0 Å². The van der Waals surface area contributed by atoms with E-state index in [2.05, 4.69) is 33.9 Å². The van der Waals surface area contributed by atoms with Crippen LogP contribution < -0.4 is 0 Å². The SMILES string of the molecule is C[C@H](C/C=C/C(=O)O)O[Si](C)(C)C(C)(C)C. The Labute approximate surface area is 99.6 Å². The second kappa shape index (κ2) is 5.64. The van der Waals surface area contributed by atoms with Gasteiger partial charge in [-0.3, -0.25) is 0 Å². The van der Waals surface area contributed by atoms with E-state index in [1.165, 1.54) is 6.08 Å². The van der Waals surface area contributed by atoms with Gasteiger partial charge >= 0.3 is 5.97 Å². The van der Waals surface area contributed by atoms with Gasteiger partial charge in [0.15, 0.2) is 8.32 Å². The van der Waals surface area contributed by atoms with Crippen molar-refractivity contribution >= 4 is 14.3 Å². The second-order valence-corrected chi connectivity index (χ2v) is 10.4. The maximum Gasteiger partial charge on any atom is 0.327 e. The van der Waals surface area contributed by atoms with Crippen molar-refractivity contribution < 1.29 is 14.3 Å². The van der Waals surface area contributed by atoms with E-state index in [0.29, 0.717) is 6.42 Å². The topological polar surface area (TPSA) is 46.5 Å². The van der Waals surface area contributed by atoms with E-state index in [1.54, 1.807) is 6.08 Å². The predicted molar refractivity (Wildman–Crippen MR) is 69.1 cm³/mol. The average Bonchev–Trinajstić information content (AvgIpc) is 1.99. The first kappa shape index (κ1) is 15.4. The van der Waals surface area contributed by atoms with Crippen LogP contribution in [0.25, 0.3) is 0 Å². The molecule has 0 fully saturated rings. The van der Waals surface area contributed by atoms with Crippen molar-refractivity contribution in [1.29, 1.82) is 0 Å². The number of aliphatic carboxylic acids is 1. The molecule has 3 nitrogen and oxygen atoms in total. The summed E-state index contributed by atoms with van der Waals surface area (Å²) in [6.45, 7) is 13.0. The third kappa shape index (κ3) is 5.46. The van der Waals surface area contributed by atoms with E-state index < -0.39 is 14.3 Å². The molecule has 0 aliphatic rings. The third-order valence-corrected chi connectivity index (χ3v) is 7.63. The Morgan fingerprint density at radius 3 is 2.31 bits per heavy atom. The van der Waals surface area contributed by atoms with E-state index in [0.717, 1.165) is 0 Å². The van der Waals surface area contributed by atoms with Gasteiger partial charge in [0.25, 0.3) is 0 Å². The van der Waals surface area contributed by atoms with Gasteiger partial charge in [0.2, 0.25) is 0 Å². The largest absolute Gasteiger partial charge is 0.478 e. The van der Waals surface area contributed by atoms with Gasteiger partial charge in [-0.05, 0) is 31.5 Å². The molecule has 0 rings (SSSR count). The molecule has 0 amide bonds. The third-order valence-electron chi connectivity index (χ3n) is 3.03. The number of hydrogen-bond donors (Lipinski definition) is 1. The van der Waals surface area contributed by atoms with Gasteiger partial charge in [0, 0.05) is 12.2 Å². The van der Waals surface area contributed by atoms with E-state index in [9.17, 15) is 4.79 Å². The summed E-state index contributed by atoms with van der Waals surface area (Å²) in [7, 11) is -1.73. The van der Waals surface area contributed by atoms with Gasteiger partial charge in [-0.25, -0.2) is 4.79 Å². The minimum atomic E-state index is -1.73. The highest BCUT2D eigenvalue weighted by Gasteiger charge is 2.38. The van der Waals surface area contributed by atoms with E-state index in [1.807, 2.05) is 6.92 Å². The molecule has 0 aromatic heterocycles. The summed E-state index contributed by atoms with van der Waals surface area (Å²) in [5, 5.41) is 8.66. The van der Waals surface area contributed by atoms with Crippen molar-refractivity contribution in [3.05, 3.63) is 12.2 Å². The fraction of sp³-hybridized carbons (Fsp3) is 0.750. The van der Waals surface area contributed by atoms with Gasteiger partial charge in [-0.2, -0.15) is 0 Å². The van der Waals surface area contributed by atoms with Crippen LogP contribution in [0.5, 0.6) is 0 Å². The Kier molecular flexibility index (Phi) is 5.42. The van der Waals surface area contributed by atoms with Gasteiger partial charge in [-0.1, -0.05) is 26.8 Å². The summed E-state index contributed by atoms with van der Waals surface area (Å²) < 4.78 is 6.08. The lowest BCUT2D eigenvalue weighted by molar-refractivity contribution is -0.131. The number of hydrogen-bond acceptors (Lipinski definition) is 2. The number of carbonyl (C=O) groups is 1. The second-order valence-electron chi connectivity index (χ2n) is 5.67. The van der Waals surface area contributed by atoms with Crippen molar-refractivity contribution in [2.75, 3.05) is 0 Å². The van der Waals surface area contributed by atoms with Crippen LogP contribution in [-0.2, 0) is 9.22 Å². The Hall–Kier alpha value is -0.613. The first-order valence-corrected chi connectivity index (χ1v) is 8.54. The Morgan fingerprint density at radius 2 is 1.94 bits per heavy atom. The summed E-state index contributed by atoms with van der Waals surface area (Å²) >= 11 is 0. The van der Waals surface area contributed by atoms with Crippen LogP contribution in [0.2, 0.25) is 18.1 Å². The van der Waals surface area contributed by atoms with Crippen LogP contribution in [-0.4, -0.2) is 25.5 Å². The fourth-order valence-electron chi connectivity index (χ4n) is 1.09. The average molecular weight is 244 g/mol. The quantitative estimate of drug-likeness (QED) is 0.595. The Morgan fingerprint density at radius 1 is 1.44 bits per heavy atom. The molecule has 1 atom stereocenters. The monoisotopic (exact) mass is 244 g/mol. The first-order chi connectivity index (χ1) is 7.06. The normalized spacial score (nSPS) is 15.4. The highest BCUT2D eigenvalue weighted by molar-refractivity contribution is 6.74. The van der Waals surface area contributed by atoms with Crippen molar-refractivity contribution in [1.82, 2.24) is 0 Å². The molecule has 0 aliphatic heterocycles. The number of carboxylic acid groups (broad SMARTS) is 1. The summed E-state index contributed by atoms with van der Waals surface area (Å²) in [6, 6.07) is 0. The lowest BCUT2D eigenvalue weighted by Crippen LogP contribution is -2.43. The van der Waals surface area contributed by atoms with Crippen LogP contribution in [0.3, 0.4) is 0 Å². The molecule has 0 bridgehead atoms. The van der Waals surface area contributed by atoms with E-state index in [-0.39, 0.29) is 11.1 Å². The van der Waals surface area contributed by atoms with Crippen molar-refractivity contribution in [3.8, 4) is 0 Å². The van der Waals surface area contributed by atoms with Gasteiger partial charge in [0.1, 0.15) is 0 Å². The molecule has 0 radical (unpaired) electrons. The molecule has 0 saturated heterocycles. The molecule has 4 heteroatoms. The molecule has 16 heavy (non-hydrogen) atoms. The molecular weight excluding hydrogens is 220 g/mol. The minimum absolute atomic E-state index is 0.0801. The maximum atomic E-state index is 10.3. The first-order valence-electron chi connectivity index (χ1n) is 5.63. The zero-order valence-corrected chi connectivity index (χ0v) is 12.2. The van der Waals surface area contributed by atoms with Gasteiger partial charge < -0.3 is 9.53 Å². The summed E-state index contributed by atoms with van der Waals surface area (Å²) in [4.78, 5) is 10.3. The highest BCUT2D eigenvalue weighted by Crippen LogP contribution is 2.37. The van der Waals surface area contributed by atoms with Crippen molar-refractivity contribution in [2.45, 2.75) is 58.4 Å². The number of rotatable bonds is 5. The fourth-order valence-corrected chi connectivity index (χ4v) is 2.54. The smallest absolute Gasteiger partial charge is 0.327 e. The Bertz CT molecular complexity index is 264. The lowest BCUT2D eigenvalue weighted by Gasteiger charge is -2.38. The van der Waals surface area contributed by atoms with Crippen LogP contribution in [0.15, 0.2) is 12.2 Å². The van der Waals surface area contributed by atoms with Crippen LogP contribution in [0.4, 0.5) is 0 Å². The zero-order valence-electron chi connectivity index (χ0n) is 11.2. The van der Waals surface area contributed by atoms with E-state index >= 15 is 0 Å². The molecule has 0 heterocycles. The maximum absolute atomic E-state index is 10.3. The van der Waals surface area contributed by atoms with E-state index in [4.69, 9.17) is 9.53 Å². The molecule has 0 aromatic rings. The molecule has 0 spiro atoms. The van der Waals surface area contributed by atoms with Crippen molar-refractivity contribution in [2.24, 2.45) is 0 Å². The summed E-state index contributed by atoms with van der Waals surface area (Å²) in [5.41, 5.74) is 0. The molecular formula is C12H24O3Si. The van der Waals surface area contributed by atoms with Gasteiger partial charge in [-0.15, -0.1) is 0 Å². The summed E-state index contributed by atoms with van der Waals surface area (Å²) in [5.74, 6) is -0.903. The molecule has 0 unspecified atom stereocenters. The van der Waals surface area contributed by atoms with Crippen LogP contribution in [0.1, 0.15) is 34.1 Å². The Balaban J connectivity index is 4.24. The highest BCUT2D eigenvalue weighted by atomic mass is 28.4.